The standard InChI is InChI=1S/C11H8F3NO2/c12-11(13,14)10(6-17-10)9(16)8-3-1-7(5-15)2-4-8/h1-4,9,16H,6H2/t9-,10+/m0/s1. The summed E-state index contributed by atoms with van der Waals surface area (Å²) in [6, 6.07) is 7.13. The highest BCUT2D eigenvalue weighted by Crippen LogP contribution is 2.51. The molecule has 0 amide bonds. The number of epoxide rings is 1. The molecule has 0 aliphatic carbocycles. The lowest BCUT2D eigenvalue weighted by Gasteiger charge is -2.22. The van der Waals surface area contributed by atoms with Crippen molar-refractivity contribution in [1.82, 2.24) is 0 Å². The van der Waals surface area contributed by atoms with Crippen LogP contribution in [0.5, 0.6) is 0 Å². The van der Waals surface area contributed by atoms with E-state index in [0.29, 0.717) is 5.56 Å². The van der Waals surface area contributed by atoms with Crippen molar-refractivity contribution in [2.24, 2.45) is 0 Å². The number of rotatable bonds is 2. The van der Waals surface area contributed by atoms with Crippen LogP contribution in [0.3, 0.4) is 0 Å². The predicted octanol–water partition coefficient (Wildman–Crippen LogP) is 1.92. The molecule has 1 aromatic rings. The Balaban J connectivity index is 2.26. The molecule has 2 atom stereocenters. The van der Waals surface area contributed by atoms with Crippen LogP contribution < -0.4 is 0 Å². The molecule has 17 heavy (non-hydrogen) atoms. The van der Waals surface area contributed by atoms with Crippen molar-refractivity contribution in [2.45, 2.75) is 17.9 Å². The quantitative estimate of drug-likeness (QED) is 0.807. The molecule has 0 saturated carbocycles. The van der Waals surface area contributed by atoms with Gasteiger partial charge in [-0.05, 0) is 17.7 Å². The Kier molecular flexibility index (Phi) is 2.60. The number of aliphatic hydroxyl groups is 1. The number of aliphatic hydroxyl groups excluding tert-OH is 1. The summed E-state index contributed by atoms with van der Waals surface area (Å²) >= 11 is 0. The van der Waals surface area contributed by atoms with Gasteiger partial charge in [-0.25, -0.2) is 0 Å². The maximum absolute atomic E-state index is 12.6. The van der Waals surface area contributed by atoms with Crippen LogP contribution in [-0.2, 0) is 4.74 Å². The van der Waals surface area contributed by atoms with Crippen LogP contribution in [0.25, 0.3) is 0 Å². The minimum Gasteiger partial charge on any atom is -0.385 e. The molecule has 3 nitrogen and oxygen atoms in total. The number of nitriles is 1. The summed E-state index contributed by atoms with van der Waals surface area (Å²) in [5, 5.41) is 18.2. The van der Waals surface area contributed by atoms with Gasteiger partial charge in [0.25, 0.3) is 0 Å². The van der Waals surface area contributed by atoms with Crippen molar-refractivity contribution >= 4 is 0 Å². The second-order valence-electron chi connectivity index (χ2n) is 3.81. The lowest BCUT2D eigenvalue weighted by Crippen LogP contribution is -2.38. The molecule has 1 heterocycles. The second-order valence-corrected chi connectivity index (χ2v) is 3.81. The zero-order valence-electron chi connectivity index (χ0n) is 8.53. The Morgan fingerprint density at radius 3 is 2.24 bits per heavy atom. The first kappa shape index (κ1) is 11.9. The molecule has 2 rings (SSSR count). The van der Waals surface area contributed by atoms with Gasteiger partial charge in [0.1, 0.15) is 6.10 Å². The summed E-state index contributed by atoms with van der Waals surface area (Å²) in [5.74, 6) is 0. The van der Waals surface area contributed by atoms with Gasteiger partial charge in [0, 0.05) is 0 Å². The smallest absolute Gasteiger partial charge is 0.385 e. The fraction of sp³-hybridized carbons (Fsp3) is 0.364. The Morgan fingerprint density at radius 1 is 1.35 bits per heavy atom. The van der Waals surface area contributed by atoms with Crippen molar-refractivity contribution in [3.63, 3.8) is 0 Å². The highest BCUT2D eigenvalue weighted by atomic mass is 19.4. The van der Waals surface area contributed by atoms with Crippen LogP contribution in [0.15, 0.2) is 24.3 Å². The summed E-state index contributed by atoms with van der Waals surface area (Å²) < 4.78 is 42.3. The molecule has 0 unspecified atom stereocenters. The number of hydrogen-bond donors (Lipinski definition) is 1. The lowest BCUT2D eigenvalue weighted by atomic mass is 9.95. The van der Waals surface area contributed by atoms with Gasteiger partial charge in [-0.3, -0.25) is 0 Å². The SMILES string of the molecule is N#Cc1ccc([C@H](O)[C@@]2(C(F)(F)F)CO2)cc1. The first-order chi connectivity index (χ1) is 7.90. The largest absolute Gasteiger partial charge is 0.422 e. The summed E-state index contributed by atoms with van der Waals surface area (Å²) in [6.45, 7) is -0.544. The van der Waals surface area contributed by atoms with Gasteiger partial charge in [0.15, 0.2) is 0 Å². The van der Waals surface area contributed by atoms with Crippen molar-refractivity contribution < 1.29 is 23.0 Å². The van der Waals surface area contributed by atoms with E-state index in [4.69, 9.17) is 5.26 Å². The van der Waals surface area contributed by atoms with E-state index in [1.807, 2.05) is 6.07 Å². The zero-order chi connectivity index (χ0) is 12.7. The Labute approximate surface area is 95.0 Å². The summed E-state index contributed by atoms with van der Waals surface area (Å²) in [6.07, 6.45) is -6.38. The first-order valence-electron chi connectivity index (χ1n) is 4.79. The van der Waals surface area contributed by atoms with E-state index < -0.39 is 24.5 Å². The maximum Gasteiger partial charge on any atom is 0.422 e. The molecule has 0 spiro atoms. The van der Waals surface area contributed by atoms with Gasteiger partial charge in [-0.15, -0.1) is 0 Å². The number of alkyl halides is 3. The van der Waals surface area contributed by atoms with Gasteiger partial charge >= 0.3 is 6.18 Å². The van der Waals surface area contributed by atoms with Crippen molar-refractivity contribution in [1.29, 1.82) is 5.26 Å². The molecule has 0 radical (unpaired) electrons. The van der Waals surface area contributed by atoms with E-state index in [1.54, 1.807) is 0 Å². The molecule has 1 saturated heterocycles. The third-order valence-corrected chi connectivity index (χ3v) is 2.73. The second kappa shape index (κ2) is 3.72. The highest BCUT2D eigenvalue weighted by Gasteiger charge is 2.70. The molecule has 1 fully saturated rings. The van der Waals surface area contributed by atoms with Crippen molar-refractivity contribution in [3.05, 3.63) is 35.4 Å². The average molecular weight is 243 g/mol. The third-order valence-electron chi connectivity index (χ3n) is 2.73. The third kappa shape index (κ3) is 1.88. The minimum absolute atomic E-state index is 0.0822. The van der Waals surface area contributed by atoms with Crippen molar-refractivity contribution in [3.8, 4) is 6.07 Å². The summed E-state index contributed by atoms with van der Waals surface area (Å²) in [5.41, 5.74) is -2.08. The van der Waals surface area contributed by atoms with E-state index in [2.05, 4.69) is 4.74 Å². The van der Waals surface area contributed by atoms with Crippen LogP contribution in [0.4, 0.5) is 13.2 Å². The Bertz CT molecular complexity index is 457. The normalized spacial score (nSPS) is 25.1. The Morgan fingerprint density at radius 2 is 1.88 bits per heavy atom. The van der Waals surface area contributed by atoms with Gasteiger partial charge in [0.05, 0.1) is 18.2 Å². The molecular weight excluding hydrogens is 235 g/mol. The minimum atomic E-state index is -4.61. The molecular formula is C11H8F3NO2. The van der Waals surface area contributed by atoms with E-state index in [9.17, 15) is 18.3 Å². The topological polar surface area (TPSA) is 56.5 Å². The van der Waals surface area contributed by atoms with E-state index in [1.165, 1.54) is 24.3 Å². The average Bonchev–Trinajstić information content (AvgIpc) is 3.08. The first-order valence-corrected chi connectivity index (χ1v) is 4.79. The Hall–Kier alpha value is -1.58. The fourth-order valence-electron chi connectivity index (χ4n) is 1.56. The number of halogens is 3. The number of nitrogens with zero attached hydrogens (tertiary/aromatic N) is 1. The van der Waals surface area contributed by atoms with Crippen molar-refractivity contribution in [2.75, 3.05) is 6.61 Å². The zero-order valence-corrected chi connectivity index (χ0v) is 8.53. The molecule has 90 valence electrons. The number of hydrogen-bond acceptors (Lipinski definition) is 3. The number of benzene rings is 1. The molecule has 1 aliphatic rings. The van der Waals surface area contributed by atoms with E-state index in [-0.39, 0.29) is 5.56 Å². The van der Waals surface area contributed by atoms with Crippen LogP contribution in [0.2, 0.25) is 0 Å². The van der Waals surface area contributed by atoms with Gasteiger partial charge in [0.2, 0.25) is 5.60 Å². The molecule has 1 aliphatic heterocycles. The lowest BCUT2D eigenvalue weighted by molar-refractivity contribution is -0.210. The highest BCUT2D eigenvalue weighted by molar-refractivity contribution is 5.34. The number of ether oxygens (including phenoxy) is 1. The van der Waals surface area contributed by atoms with Gasteiger partial charge in [-0.1, -0.05) is 12.1 Å². The van der Waals surface area contributed by atoms with Crippen LogP contribution in [0.1, 0.15) is 17.2 Å². The molecule has 1 aromatic carbocycles. The molecule has 0 aromatic heterocycles. The molecule has 0 bridgehead atoms. The maximum atomic E-state index is 12.6. The van der Waals surface area contributed by atoms with Crippen LogP contribution >= 0.6 is 0 Å². The molecule has 6 heteroatoms. The summed E-state index contributed by atoms with van der Waals surface area (Å²) in [7, 11) is 0. The molecule has 1 N–H and O–H groups in total. The van der Waals surface area contributed by atoms with Gasteiger partial charge in [-0.2, -0.15) is 18.4 Å². The monoisotopic (exact) mass is 243 g/mol. The van der Waals surface area contributed by atoms with E-state index >= 15 is 0 Å². The fourth-order valence-corrected chi connectivity index (χ4v) is 1.56. The van der Waals surface area contributed by atoms with Gasteiger partial charge < -0.3 is 9.84 Å². The van der Waals surface area contributed by atoms with Crippen LogP contribution in [0, 0.1) is 11.3 Å². The van der Waals surface area contributed by atoms with E-state index in [0.717, 1.165) is 0 Å². The summed E-state index contributed by atoms with van der Waals surface area (Å²) in [4.78, 5) is 0. The predicted molar refractivity (Wildman–Crippen MR) is 50.9 cm³/mol. The van der Waals surface area contributed by atoms with Crippen LogP contribution in [-0.4, -0.2) is 23.5 Å².